The van der Waals surface area contributed by atoms with Gasteiger partial charge < -0.3 is 9.84 Å². The minimum absolute atomic E-state index is 0.0936. The Bertz CT molecular complexity index is 542. The first-order chi connectivity index (χ1) is 11.4. The normalized spacial score (nSPS) is 56.7. The Morgan fingerprint density at radius 1 is 1.08 bits per heavy atom. The van der Waals surface area contributed by atoms with Gasteiger partial charge in [-0.2, -0.15) is 5.26 Å². The summed E-state index contributed by atoms with van der Waals surface area (Å²) in [6.07, 6.45) is 9.17. The molecule has 0 heterocycles. The predicted octanol–water partition coefficient (Wildman–Crippen LogP) is 4.15. The van der Waals surface area contributed by atoms with Crippen molar-refractivity contribution in [3.05, 3.63) is 0 Å². The molecule has 4 aliphatic rings. The molecule has 0 spiro atoms. The summed E-state index contributed by atoms with van der Waals surface area (Å²) in [6, 6.07) is 2.63. The smallest absolute Gasteiger partial charge is 0.0661 e. The molecule has 0 aliphatic heterocycles. The Labute approximate surface area is 146 Å². The van der Waals surface area contributed by atoms with Gasteiger partial charge in [0.25, 0.3) is 0 Å². The molecule has 3 nitrogen and oxygen atoms in total. The van der Waals surface area contributed by atoms with Crippen LogP contribution in [0, 0.1) is 51.8 Å². The highest BCUT2D eigenvalue weighted by atomic mass is 16.5. The third-order valence-corrected chi connectivity index (χ3v) is 9.00. The van der Waals surface area contributed by atoms with E-state index in [-0.39, 0.29) is 23.5 Å². The number of aliphatic hydroxyl groups excluding tert-OH is 1. The van der Waals surface area contributed by atoms with Crippen LogP contribution < -0.4 is 0 Å². The predicted molar refractivity (Wildman–Crippen MR) is 93.0 cm³/mol. The summed E-state index contributed by atoms with van der Waals surface area (Å²) in [4.78, 5) is 0. The van der Waals surface area contributed by atoms with Gasteiger partial charge in [0.2, 0.25) is 0 Å². The molecule has 4 rings (SSSR count). The summed E-state index contributed by atoms with van der Waals surface area (Å²) in [5, 5.41) is 19.8. The van der Waals surface area contributed by atoms with Crippen molar-refractivity contribution < 1.29 is 9.84 Å². The van der Waals surface area contributed by atoms with Crippen LogP contribution in [0.25, 0.3) is 0 Å². The second kappa shape index (κ2) is 5.71. The Balaban J connectivity index is 1.70. The number of aliphatic hydroxyl groups is 1. The van der Waals surface area contributed by atoms with Gasteiger partial charge in [-0.15, -0.1) is 0 Å². The van der Waals surface area contributed by atoms with Gasteiger partial charge in [0, 0.05) is 7.11 Å². The lowest BCUT2D eigenvalue weighted by molar-refractivity contribution is -0.183. The van der Waals surface area contributed by atoms with E-state index in [4.69, 9.17) is 4.74 Å². The van der Waals surface area contributed by atoms with Crippen LogP contribution in [0.2, 0.25) is 0 Å². The standard InChI is InChI=1S/C21H33NO2/c1-20-9-8-15(23)10-13(20)4-6-16-17-7-5-14(12-22)21(17,2)11-18(24-3)19(16)20/h13-19,23H,4-11H2,1-3H3/t13-,14+,15+,16-,17-,18+,19+,20-,21+/m0/s1. The van der Waals surface area contributed by atoms with Gasteiger partial charge in [-0.05, 0) is 85.9 Å². The molecule has 134 valence electrons. The molecule has 4 fully saturated rings. The molecule has 4 aliphatic carbocycles. The van der Waals surface area contributed by atoms with Gasteiger partial charge in [-0.3, -0.25) is 0 Å². The second-order valence-electron chi connectivity index (χ2n) is 9.75. The van der Waals surface area contributed by atoms with E-state index >= 15 is 0 Å². The van der Waals surface area contributed by atoms with Crippen molar-refractivity contribution in [2.75, 3.05) is 7.11 Å². The van der Waals surface area contributed by atoms with Gasteiger partial charge in [0.05, 0.1) is 24.2 Å². The fourth-order valence-electron chi connectivity index (χ4n) is 7.76. The van der Waals surface area contributed by atoms with Crippen LogP contribution in [0.4, 0.5) is 0 Å². The van der Waals surface area contributed by atoms with E-state index in [1.165, 1.54) is 19.3 Å². The zero-order chi connectivity index (χ0) is 17.1. The largest absolute Gasteiger partial charge is 0.393 e. The highest BCUT2D eigenvalue weighted by Crippen LogP contribution is 2.67. The fraction of sp³-hybridized carbons (Fsp3) is 0.952. The van der Waals surface area contributed by atoms with Crippen molar-refractivity contribution in [2.24, 2.45) is 40.4 Å². The zero-order valence-electron chi connectivity index (χ0n) is 15.5. The van der Waals surface area contributed by atoms with Gasteiger partial charge in [0.15, 0.2) is 0 Å². The molecule has 0 aromatic heterocycles. The first kappa shape index (κ1) is 16.9. The molecule has 3 heteroatoms. The molecule has 0 saturated heterocycles. The van der Waals surface area contributed by atoms with Gasteiger partial charge in [-0.1, -0.05) is 13.8 Å². The number of hydrogen-bond donors (Lipinski definition) is 1. The molecule has 24 heavy (non-hydrogen) atoms. The molecule has 0 unspecified atom stereocenters. The number of fused-ring (bicyclic) bond motifs is 5. The number of rotatable bonds is 1. The van der Waals surface area contributed by atoms with Crippen molar-refractivity contribution in [1.29, 1.82) is 5.26 Å². The summed E-state index contributed by atoms with van der Waals surface area (Å²) in [6.45, 7) is 4.87. The monoisotopic (exact) mass is 331 g/mol. The van der Waals surface area contributed by atoms with E-state index in [0.29, 0.717) is 29.1 Å². The molecule has 4 saturated carbocycles. The first-order valence-corrected chi connectivity index (χ1v) is 10.0. The molecule has 0 bridgehead atoms. The van der Waals surface area contributed by atoms with Gasteiger partial charge >= 0.3 is 0 Å². The molecule has 0 aromatic rings. The Morgan fingerprint density at radius 2 is 1.88 bits per heavy atom. The molecule has 9 atom stereocenters. The zero-order valence-corrected chi connectivity index (χ0v) is 15.5. The quantitative estimate of drug-likeness (QED) is 0.785. The van der Waals surface area contributed by atoms with Crippen molar-refractivity contribution in [2.45, 2.75) is 77.4 Å². The molecular formula is C21H33NO2. The van der Waals surface area contributed by atoms with Crippen LogP contribution in [-0.4, -0.2) is 24.4 Å². The summed E-state index contributed by atoms with van der Waals surface area (Å²) < 4.78 is 6.10. The lowest BCUT2D eigenvalue weighted by atomic mass is 9.44. The van der Waals surface area contributed by atoms with Crippen molar-refractivity contribution in [1.82, 2.24) is 0 Å². The van der Waals surface area contributed by atoms with Crippen LogP contribution in [0.1, 0.15) is 65.2 Å². The third kappa shape index (κ3) is 2.15. The van der Waals surface area contributed by atoms with E-state index in [9.17, 15) is 10.4 Å². The number of hydrogen-bond acceptors (Lipinski definition) is 3. The van der Waals surface area contributed by atoms with Crippen LogP contribution in [-0.2, 0) is 4.74 Å². The Hall–Kier alpha value is -0.590. The van der Waals surface area contributed by atoms with E-state index in [0.717, 1.165) is 32.1 Å². The maximum atomic E-state index is 10.2. The first-order valence-electron chi connectivity index (χ1n) is 10.0. The van der Waals surface area contributed by atoms with Crippen molar-refractivity contribution >= 4 is 0 Å². The minimum Gasteiger partial charge on any atom is -0.393 e. The number of methoxy groups -OCH3 is 1. The van der Waals surface area contributed by atoms with Crippen LogP contribution in [0.3, 0.4) is 0 Å². The maximum absolute atomic E-state index is 10.2. The highest BCUT2D eigenvalue weighted by Gasteiger charge is 2.63. The summed E-state index contributed by atoms with van der Waals surface area (Å²) in [5.41, 5.74) is 0.461. The van der Waals surface area contributed by atoms with Crippen LogP contribution >= 0.6 is 0 Å². The van der Waals surface area contributed by atoms with Crippen molar-refractivity contribution in [3.63, 3.8) is 0 Å². The second-order valence-corrected chi connectivity index (χ2v) is 9.75. The molecule has 0 aromatic carbocycles. The SMILES string of the molecule is CO[C@@H]1C[C@]2(C)[C@@H](C#N)CC[C@H]2[C@@H]2CC[C@H]3C[C@H](O)CC[C@]3(C)[C@H]21. The minimum atomic E-state index is -0.0936. The summed E-state index contributed by atoms with van der Waals surface area (Å²) >= 11 is 0. The highest BCUT2D eigenvalue weighted by molar-refractivity contribution is 5.15. The summed E-state index contributed by atoms with van der Waals surface area (Å²) in [5.74, 6) is 2.88. The van der Waals surface area contributed by atoms with Gasteiger partial charge in [0.1, 0.15) is 0 Å². The number of nitriles is 1. The fourth-order valence-corrected chi connectivity index (χ4v) is 7.76. The van der Waals surface area contributed by atoms with E-state index in [2.05, 4.69) is 19.9 Å². The van der Waals surface area contributed by atoms with E-state index in [1.807, 2.05) is 7.11 Å². The third-order valence-electron chi connectivity index (χ3n) is 9.00. The molecule has 1 N–H and O–H groups in total. The average Bonchev–Trinajstić information content (AvgIpc) is 2.90. The maximum Gasteiger partial charge on any atom is 0.0661 e. The van der Waals surface area contributed by atoms with E-state index in [1.54, 1.807) is 0 Å². The van der Waals surface area contributed by atoms with Crippen LogP contribution in [0.5, 0.6) is 0 Å². The van der Waals surface area contributed by atoms with Gasteiger partial charge in [-0.25, -0.2) is 0 Å². The Morgan fingerprint density at radius 3 is 2.58 bits per heavy atom. The lowest BCUT2D eigenvalue weighted by Gasteiger charge is -2.62. The Kier molecular flexibility index (Phi) is 4.01. The molecule has 0 amide bonds. The molecule has 0 radical (unpaired) electrons. The number of ether oxygens (including phenoxy) is 1. The van der Waals surface area contributed by atoms with Crippen molar-refractivity contribution in [3.8, 4) is 6.07 Å². The average molecular weight is 332 g/mol. The van der Waals surface area contributed by atoms with Crippen LogP contribution in [0.15, 0.2) is 0 Å². The lowest BCUT2D eigenvalue weighted by Crippen LogP contribution is -2.59. The topological polar surface area (TPSA) is 53.2 Å². The summed E-state index contributed by atoms with van der Waals surface area (Å²) in [7, 11) is 1.88. The van der Waals surface area contributed by atoms with E-state index < -0.39 is 0 Å². The number of nitrogens with zero attached hydrogens (tertiary/aromatic N) is 1. The molecular weight excluding hydrogens is 298 g/mol.